The first kappa shape index (κ1) is 24.9. The average Bonchev–Trinajstić information content (AvgIpc) is 3.23. The zero-order valence-corrected chi connectivity index (χ0v) is 20.7. The maximum Gasteiger partial charge on any atom is 0.337 e. The maximum atomic E-state index is 13.3. The summed E-state index contributed by atoms with van der Waals surface area (Å²) in [5.41, 5.74) is 1.87. The molecule has 3 aromatic carbocycles. The quantitative estimate of drug-likeness (QED) is 0.505. The maximum absolute atomic E-state index is 13.3. The van der Waals surface area contributed by atoms with Gasteiger partial charge in [-0.25, -0.2) is 18.0 Å². The third kappa shape index (κ3) is 4.67. The Hall–Kier alpha value is -4.18. The van der Waals surface area contributed by atoms with Crippen molar-refractivity contribution < 1.29 is 32.3 Å². The van der Waals surface area contributed by atoms with E-state index >= 15 is 0 Å². The minimum absolute atomic E-state index is 0.0697. The van der Waals surface area contributed by atoms with E-state index in [1.54, 1.807) is 42.5 Å². The first-order valence-corrected chi connectivity index (χ1v) is 12.4. The second kappa shape index (κ2) is 9.82. The Kier molecular flexibility index (Phi) is 6.80. The number of anilines is 2. The molecule has 0 bridgehead atoms. The van der Waals surface area contributed by atoms with E-state index in [1.807, 2.05) is 6.92 Å². The van der Waals surface area contributed by atoms with Crippen LogP contribution < -0.4 is 9.62 Å². The Morgan fingerprint density at radius 1 is 0.861 bits per heavy atom. The Bertz CT molecular complexity index is 1420. The summed E-state index contributed by atoms with van der Waals surface area (Å²) < 4.78 is 37.3. The van der Waals surface area contributed by atoms with Crippen LogP contribution in [0.5, 0.6) is 0 Å². The number of sulfonamides is 1. The molecule has 0 radical (unpaired) electrons. The van der Waals surface area contributed by atoms with Gasteiger partial charge in [-0.3, -0.25) is 9.10 Å². The summed E-state index contributed by atoms with van der Waals surface area (Å²) in [5.74, 6) is -1.85. The Balaban J connectivity index is 1.63. The molecule has 0 saturated carbocycles. The number of carbonyl (C=O) groups is 3. The first-order chi connectivity index (χ1) is 17.1. The zero-order valence-electron chi connectivity index (χ0n) is 19.8. The summed E-state index contributed by atoms with van der Waals surface area (Å²) >= 11 is 0. The van der Waals surface area contributed by atoms with Gasteiger partial charge in [0.2, 0.25) is 0 Å². The molecule has 1 atom stereocenters. The molecule has 1 amide bonds. The third-order valence-corrected chi connectivity index (χ3v) is 7.77. The Morgan fingerprint density at radius 2 is 1.47 bits per heavy atom. The molecule has 4 rings (SSSR count). The summed E-state index contributed by atoms with van der Waals surface area (Å²) in [6, 6.07) is 16.7. The average molecular weight is 509 g/mol. The molecule has 0 unspecified atom stereocenters. The molecule has 0 aliphatic carbocycles. The van der Waals surface area contributed by atoms with Gasteiger partial charge < -0.3 is 14.8 Å². The van der Waals surface area contributed by atoms with Crippen LogP contribution in [0.4, 0.5) is 11.4 Å². The lowest BCUT2D eigenvalue weighted by molar-refractivity contribution is 0.0598. The minimum atomic E-state index is -3.77. The standard InChI is InChI=1S/C26H24N2O7S/c1-16-11-18-12-17(9-10-23(18)28(16)36(32,33)22-7-5-4-6-8-22)24(29)27-21-14-19(25(30)34-2)13-20(15-21)26(31)35-3/h4-10,12-16H,11H2,1-3H3,(H,27,29)/t16-/m1/s1. The van der Waals surface area contributed by atoms with Crippen LogP contribution in [0, 0.1) is 0 Å². The fourth-order valence-electron chi connectivity index (χ4n) is 4.19. The number of amides is 1. The molecule has 0 aromatic heterocycles. The van der Waals surface area contributed by atoms with Crippen molar-refractivity contribution in [1.29, 1.82) is 0 Å². The van der Waals surface area contributed by atoms with Crippen LogP contribution in [-0.2, 0) is 25.9 Å². The highest BCUT2D eigenvalue weighted by atomic mass is 32.2. The highest BCUT2D eigenvalue weighted by Gasteiger charge is 2.36. The van der Waals surface area contributed by atoms with Gasteiger partial charge in [-0.2, -0.15) is 0 Å². The van der Waals surface area contributed by atoms with Crippen molar-refractivity contribution in [2.45, 2.75) is 24.3 Å². The topological polar surface area (TPSA) is 119 Å². The van der Waals surface area contributed by atoms with Gasteiger partial charge in [-0.15, -0.1) is 0 Å². The molecule has 1 N–H and O–H groups in total. The van der Waals surface area contributed by atoms with Crippen molar-refractivity contribution in [3.8, 4) is 0 Å². The fourth-order valence-corrected chi connectivity index (χ4v) is 5.90. The number of hydrogen-bond acceptors (Lipinski definition) is 7. The van der Waals surface area contributed by atoms with Crippen molar-refractivity contribution in [1.82, 2.24) is 0 Å². The summed E-state index contributed by atoms with van der Waals surface area (Å²) in [5, 5.41) is 2.68. The number of rotatable bonds is 6. The van der Waals surface area contributed by atoms with Gasteiger partial charge in [0.15, 0.2) is 0 Å². The van der Waals surface area contributed by atoms with Crippen molar-refractivity contribution in [3.63, 3.8) is 0 Å². The minimum Gasteiger partial charge on any atom is -0.465 e. The largest absolute Gasteiger partial charge is 0.465 e. The highest BCUT2D eigenvalue weighted by Crippen LogP contribution is 2.37. The SMILES string of the molecule is COC(=O)c1cc(NC(=O)c2ccc3c(c2)C[C@@H](C)N3S(=O)(=O)c2ccccc2)cc(C(=O)OC)c1. The molecule has 0 spiro atoms. The number of carbonyl (C=O) groups excluding carboxylic acids is 3. The molecule has 186 valence electrons. The number of methoxy groups -OCH3 is 2. The number of esters is 2. The fraction of sp³-hybridized carbons (Fsp3) is 0.192. The second-order valence-corrected chi connectivity index (χ2v) is 10.1. The molecule has 10 heteroatoms. The van der Waals surface area contributed by atoms with Crippen LogP contribution in [0.3, 0.4) is 0 Å². The zero-order chi connectivity index (χ0) is 26.0. The van der Waals surface area contributed by atoms with E-state index in [0.29, 0.717) is 23.2 Å². The normalized spacial score (nSPS) is 14.6. The van der Waals surface area contributed by atoms with Crippen LogP contribution in [0.1, 0.15) is 43.6 Å². The van der Waals surface area contributed by atoms with E-state index < -0.39 is 27.9 Å². The number of ether oxygens (including phenoxy) is 2. The van der Waals surface area contributed by atoms with Crippen molar-refractivity contribution >= 4 is 39.2 Å². The lowest BCUT2D eigenvalue weighted by Gasteiger charge is -2.24. The van der Waals surface area contributed by atoms with Crippen LogP contribution >= 0.6 is 0 Å². The molecule has 3 aromatic rings. The third-order valence-electron chi connectivity index (χ3n) is 5.83. The first-order valence-electron chi connectivity index (χ1n) is 11.0. The second-order valence-electron chi connectivity index (χ2n) is 8.25. The number of nitrogens with zero attached hydrogens (tertiary/aromatic N) is 1. The van der Waals surface area contributed by atoms with E-state index in [-0.39, 0.29) is 27.8 Å². The summed E-state index contributed by atoms with van der Waals surface area (Å²) in [6.07, 6.45) is 0.437. The number of hydrogen-bond donors (Lipinski definition) is 1. The number of fused-ring (bicyclic) bond motifs is 1. The smallest absolute Gasteiger partial charge is 0.337 e. The van der Waals surface area contributed by atoms with Gasteiger partial charge in [0.1, 0.15) is 0 Å². The summed E-state index contributed by atoms with van der Waals surface area (Å²) in [4.78, 5) is 37.2. The van der Waals surface area contributed by atoms with Crippen LogP contribution in [0.2, 0.25) is 0 Å². The summed E-state index contributed by atoms with van der Waals surface area (Å²) in [7, 11) is -1.36. The van der Waals surface area contributed by atoms with Gasteiger partial charge in [-0.1, -0.05) is 18.2 Å². The molecule has 9 nitrogen and oxygen atoms in total. The molecule has 0 saturated heterocycles. The molecular weight excluding hydrogens is 484 g/mol. The molecular formula is C26H24N2O7S. The molecule has 1 aliphatic heterocycles. The van der Waals surface area contributed by atoms with Gasteiger partial charge >= 0.3 is 11.9 Å². The van der Waals surface area contributed by atoms with Crippen LogP contribution in [0.25, 0.3) is 0 Å². The van der Waals surface area contributed by atoms with E-state index in [2.05, 4.69) is 5.32 Å². The lowest BCUT2D eigenvalue weighted by atomic mass is 10.1. The van der Waals surface area contributed by atoms with Gasteiger partial charge in [0.25, 0.3) is 15.9 Å². The molecule has 36 heavy (non-hydrogen) atoms. The lowest BCUT2D eigenvalue weighted by Crippen LogP contribution is -2.35. The molecule has 0 fully saturated rings. The summed E-state index contributed by atoms with van der Waals surface area (Å²) in [6.45, 7) is 1.81. The van der Waals surface area contributed by atoms with E-state index in [1.165, 1.54) is 42.8 Å². The number of nitrogens with one attached hydrogen (secondary N) is 1. The predicted molar refractivity (Wildman–Crippen MR) is 133 cm³/mol. The van der Waals surface area contributed by atoms with Gasteiger partial charge in [0.05, 0.1) is 35.9 Å². The highest BCUT2D eigenvalue weighted by molar-refractivity contribution is 7.92. The van der Waals surface area contributed by atoms with Crippen molar-refractivity contribution in [2.75, 3.05) is 23.8 Å². The van der Waals surface area contributed by atoms with Gasteiger partial charge in [0, 0.05) is 17.3 Å². The molecule has 1 heterocycles. The van der Waals surface area contributed by atoms with Crippen LogP contribution in [-0.4, -0.2) is 46.5 Å². The van der Waals surface area contributed by atoms with Gasteiger partial charge in [-0.05, 0) is 67.4 Å². The van der Waals surface area contributed by atoms with E-state index in [0.717, 1.165) is 0 Å². The Labute approximate surface area is 208 Å². The van der Waals surface area contributed by atoms with E-state index in [4.69, 9.17) is 9.47 Å². The van der Waals surface area contributed by atoms with Crippen LogP contribution in [0.15, 0.2) is 71.6 Å². The number of benzene rings is 3. The predicted octanol–water partition coefficient (Wildman–Crippen LogP) is 3.65. The monoisotopic (exact) mass is 508 g/mol. The van der Waals surface area contributed by atoms with Crippen molar-refractivity contribution in [3.05, 3.63) is 89.0 Å². The molecule has 1 aliphatic rings. The van der Waals surface area contributed by atoms with E-state index in [9.17, 15) is 22.8 Å². The Morgan fingerprint density at radius 3 is 2.06 bits per heavy atom. The van der Waals surface area contributed by atoms with Crippen molar-refractivity contribution in [2.24, 2.45) is 0 Å².